The number of piperidine rings is 1. The summed E-state index contributed by atoms with van der Waals surface area (Å²) in [4.78, 5) is 10.9. The molecule has 0 amide bonds. The maximum absolute atomic E-state index is 5.91. The molecule has 1 saturated heterocycles. The minimum absolute atomic E-state index is 0.0673. The quantitative estimate of drug-likeness (QED) is 0.929. The van der Waals surface area contributed by atoms with Crippen LogP contribution in [0.4, 0.5) is 5.13 Å². The van der Waals surface area contributed by atoms with Crippen molar-refractivity contribution < 1.29 is 0 Å². The van der Waals surface area contributed by atoms with Gasteiger partial charge in [0.2, 0.25) is 0 Å². The van der Waals surface area contributed by atoms with Crippen molar-refractivity contribution in [2.24, 2.45) is 11.7 Å². The number of likely N-dealkylation sites (tertiary alicyclic amines) is 1. The summed E-state index contributed by atoms with van der Waals surface area (Å²) in [5.74, 6) is 0.787. The number of hydrogen-bond acceptors (Lipinski definition) is 5. The van der Waals surface area contributed by atoms with Gasteiger partial charge in [0.05, 0.1) is 5.69 Å². The van der Waals surface area contributed by atoms with E-state index in [0.717, 1.165) is 17.6 Å². The first-order valence-corrected chi connectivity index (χ1v) is 8.73. The van der Waals surface area contributed by atoms with Crippen LogP contribution in [0, 0.1) is 5.92 Å². The average molecular weight is 311 g/mol. The Balaban J connectivity index is 2.05. The number of anilines is 1. The van der Waals surface area contributed by atoms with Crippen LogP contribution in [0.25, 0.3) is 0 Å². The van der Waals surface area contributed by atoms with E-state index in [1.807, 2.05) is 0 Å². The van der Waals surface area contributed by atoms with Gasteiger partial charge in [-0.25, -0.2) is 4.98 Å². The smallest absolute Gasteiger partial charge is 0.185 e. The van der Waals surface area contributed by atoms with E-state index in [1.54, 1.807) is 11.3 Å². The Kier molecular flexibility index (Phi) is 5.28. The summed E-state index contributed by atoms with van der Waals surface area (Å²) in [5.41, 5.74) is 7.14. The number of rotatable bonds is 4. The van der Waals surface area contributed by atoms with Gasteiger partial charge in [0, 0.05) is 30.4 Å². The highest BCUT2D eigenvalue weighted by Crippen LogP contribution is 2.33. The van der Waals surface area contributed by atoms with E-state index in [1.165, 1.54) is 36.5 Å². The molecule has 2 rings (SSSR count). The van der Waals surface area contributed by atoms with Gasteiger partial charge in [-0.2, -0.15) is 0 Å². The van der Waals surface area contributed by atoms with E-state index in [9.17, 15) is 0 Å². The Labute approximate surface area is 133 Å². The molecule has 0 unspecified atom stereocenters. The minimum Gasteiger partial charge on any atom is -0.351 e. The second kappa shape index (κ2) is 6.63. The van der Waals surface area contributed by atoms with Gasteiger partial charge in [0.15, 0.2) is 5.13 Å². The molecule has 4 nitrogen and oxygen atoms in total. The number of nitrogens with zero attached hydrogens (tertiary/aromatic N) is 3. The van der Waals surface area contributed by atoms with Crippen LogP contribution in [0.3, 0.4) is 0 Å². The molecular formula is C16H30N4S. The Morgan fingerprint density at radius 3 is 2.43 bits per heavy atom. The third-order valence-electron chi connectivity index (χ3n) is 4.28. The molecule has 1 aliphatic heterocycles. The first kappa shape index (κ1) is 16.7. The molecular weight excluding hydrogens is 280 g/mol. The van der Waals surface area contributed by atoms with E-state index in [0.29, 0.717) is 6.54 Å². The standard InChI is InChI=1S/C16H30N4S/c1-16(2,3)14-13(10-17)21-15(18-14)20(5)11-12-6-8-19(4)9-7-12/h12H,6-11,17H2,1-5H3. The topological polar surface area (TPSA) is 45.4 Å². The lowest BCUT2D eigenvalue weighted by atomic mass is 9.91. The van der Waals surface area contributed by atoms with Crippen LogP contribution in [0.1, 0.15) is 44.2 Å². The maximum Gasteiger partial charge on any atom is 0.185 e. The fraction of sp³-hybridized carbons (Fsp3) is 0.812. The zero-order valence-electron chi connectivity index (χ0n) is 14.1. The van der Waals surface area contributed by atoms with Crippen molar-refractivity contribution in [1.82, 2.24) is 9.88 Å². The summed E-state index contributed by atoms with van der Waals surface area (Å²) < 4.78 is 0. The molecule has 0 atom stereocenters. The van der Waals surface area contributed by atoms with Gasteiger partial charge in [-0.15, -0.1) is 11.3 Å². The molecule has 1 fully saturated rings. The van der Waals surface area contributed by atoms with E-state index in [4.69, 9.17) is 10.7 Å². The van der Waals surface area contributed by atoms with E-state index in [2.05, 4.69) is 44.7 Å². The molecule has 120 valence electrons. The van der Waals surface area contributed by atoms with Crippen LogP contribution in [0.15, 0.2) is 0 Å². The summed E-state index contributed by atoms with van der Waals surface area (Å²) in [6.45, 7) is 10.8. The molecule has 0 aromatic carbocycles. The van der Waals surface area contributed by atoms with Crippen LogP contribution in [0.5, 0.6) is 0 Å². The van der Waals surface area contributed by atoms with Crippen LogP contribution in [0.2, 0.25) is 0 Å². The van der Waals surface area contributed by atoms with Crippen molar-refractivity contribution in [1.29, 1.82) is 0 Å². The lowest BCUT2D eigenvalue weighted by Crippen LogP contribution is -2.35. The van der Waals surface area contributed by atoms with Gasteiger partial charge in [-0.3, -0.25) is 0 Å². The average Bonchev–Trinajstić information content (AvgIpc) is 2.85. The van der Waals surface area contributed by atoms with Gasteiger partial charge < -0.3 is 15.5 Å². The fourth-order valence-electron chi connectivity index (χ4n) is 2.94. The maximum atomic E-state index is 5.91. The van der Waals surface area contributed by atoms with Gasteiger partial charge in [0.25, 0.3) is 0 Å². The molecule has 0 spiro atoms. The predicted molar refractivity (Wildman–Crippen MR) is 92.2 cm³/mol. The Morgan fingerprint density at radius 2 is 1.95 bits per heavy atom. The van der Waals surface area contributed by atoms with Gasteiger partial charge >= 0.3 is 0 Å². The molecule has 2 heterocycles. The van der Waals surface area contributed by atoms with Crippen molar-refractivity contribution in [2.75, 3.05) is 38.6 Å². The van der Waals surface area contributed by atoms with Crippen LogP contribution in [-0.2, 0) is 12.0 Å². The molecule has 1 aliphatic rings. The van der Waals surface area contributed by atoms with E-state index in [-0.39, 0.29) is 5.41 Å². The molecule has 1 aromatic heterocycles. The Bertz CT molecular complexity index is 455. The second-order valence-corrected chi connectivity index (χ2v) is 8.41. The van der Waals surface area contributed by atoms with Gasteiger partial charge in [0.1, 0.15) is 0 Å². The fourth-order valence-corrected chi connectivity index (χ4v) is 4.06. The Morgan fingerprint density at radius 1 is 1.33 bits per heavy atom. The van der Waals surface area contributed by atoms with Gasteiger partial charge in [-0.05, 0) is 38.9 Å². The monoisotopic (exact) mass is 310 g/mol. The zero-order chi connectivity index (χ0) is 15.6. The van der Waals surface area contributed by atoms with Gasteiger partial charge in [-0.1, -0.05) is 20.8 Å². The number of aromatic nitrogens is 1. The lowest BCUT2D eigenvalue weighted by Gasteiger charge is -2.31. The van der Waals surface area contributed by atoms with E-state index >= 15 is 0 Å². The van der Waals surface area contributed by atoms with Crippen LogP contribution in [-0.4, -0.2) is 43.6 Å². The van der Waals surface area contributed by atoms with Crippen molar-refractivity contribution in [2.45, 2.75) is 45.6 Å². The molecule has 5 heteroatoms. The second-order valence-electron chi connectivity index (χ2n) is 7.35. The first-order chi connectivity index (χ1) is 9.81. The van der Waals surface area contributed by atoms with Crippen molar-refractivity contribution in [3.8, 4) is 0 Å². The highest BCUT2D eigenvalue weighted by atomic mass is 32.1. The SMILES string of the molecule is CN1CCC(CN(C)c2nc(C(C)(C)C)c(CN)s2)CC1. The number of nitrogens with two attached hydrogens (primary N) is 1. The summed E-state index contributed by atoms with van der Waals surface area (Å²) in [6, 6.07) is 0. The normalized spacial score (nSPS) is 18.2. The van der Waals surface area contributed by atoms with E-state index < -0.39 is 0 Å². The molecule has 0 aliphatic carbocycles. The highest BCUT2D eigenvalue weighted by Gasteiger charge is 2.25. The van der Waals surface area contributed by atoms with Crippen molar-refractivity contribution >= 4 is 16.5 Å². The number of thiazole rings is 1. The molecule has 0 bridgehead atoms. The molecule has 0 saturated carbocycles. The highest BCUT2D eigenvalue weighted by molar-refractivity contribution is 7.15. The predicted octanol–water partition coefficient (Wildman–Crippen LogP) is 2.68. The van der Waals surface area contributed by atoms with Crippen molar-refractivity contribution in [3.63, 3.8) is 0 Å². The largest absolute Gasteiger partial charge is 0.351 e. The number of hydrogen-bond donors (Lipinski definition) is 1. The van der Waals surface area contributed by atoms with Crippen LogP contribution >= 0.6 is 11.3 Å². The third kappa shape index (κ3) is 4.18. The summed E-state index contributed by atoms with van der Waals surface area (Å²) in [6.07, 6.45) is 2.59. The summed E-state index contributed by atoms with van der Waals surface area (Å²) in [7, 11) is 4.38. The molecule has 21 heavy (non-hydrogen) atoms. The zero-order valence-corrected chi connectivity index (χ0v) is 15.0. The van der Waals surface area contributed by atoms with Crippen molar-refractivity contribution in [3.05, 3.63) is 10.6 Å². The summed E-state index contributed by atoms with van der Waals surface area (Å²) >= 11 is 1.76. The Hall–Kier alpha value is -0.650. The lowest BCUT2D eigenvalue weighted by molar-refractivity contribution is 0.222. The minimum atomic E-state index is 0.0673. The molecule has 1 aromatic rings. The first-order valence-electron chi connectivity index (χ1n) is 7.91. The molecule has 0 radical (unpaired) electrons. The molecule has 2 N–H and O–H groups in total. The third-order valence-corrected chi connectivity index (χ3v) is 5.47. The van der Waals surface area contributed by atoms with Crippen LogP contribution < -0.4 is 10.6 Å². The summed E-state index contributed by atoms with van der Waals surface area (Å²) in [5, 5.41) is 1.12.